The molecule has 35 heavy (non-hydrogen) atoms. The van der Waals surface area contributed by atoms with Crippen molar-refractivity contribution in [3.8, 4) is 22.5 Å². The molecule has 4 heterocycles. The molecule has 6 rings (SSSR count). The molecule has 1 atom stereocenters. The molecule has 1 fully saturated rings. The Kier molecular flexibility index (Phi) is 5.46. The predicted molar refractivity (Wildman–Crippen MR) is 132 cm³/mol. The third-order valence-corrected chi connectivity index (χ3v) is 7.25. The Morgan fingerprint density at radius 1 is 1.06 bits per heavy atom. The second-order valence-electron chi connectivity index (χ2n) is 9.50. The number of rotatable bonds is 3. The van der Waals surface area contributed by atoms with Gasteiger partial charge in [-0.25, -0.2) is 13.8 Å². The SMILES string of the molecule is CN1CCN(c2ccc(-c3n[nH]c4cnc(-c5c(F)cc6c(c5F)CCCC6N)cc34)cn2)CC1. The third-order valence-electron chi connectivity index (χ3n) is 7.25. The van der Waals surface area contributed by atoms with Crippen molar-refractivity contribution in [2.45, 2.75) is 25.3 Å². The van der Waals surface area contributed by atoms with Crippen LogP contribution in [0, 0.1) is 11.6 Å². The number of benzene rings is 1. The molecule has 1 aliphatic carbocycles. The molecule has 2 aliphatic rings. The van der Waals surface area contributed by atoms with Crippen molar-refractivity contribution in [1.29, 1.82) is 0 Å². The first kappa shape index (κ1) is 22.1. The Morgan fingerprint density at radius 3 is 2.66 bits per heavy atom. The van der Waals surface area contributed by atoms with Crippen LogP contribution in [0.25, 0.3) is 33.4 Å². The van der Waals surface area contributed by atoms with Gasteiger partial charge in [0.1, 0.15) is 23.1 Å². The summed E-state index contributed by atoms with van der Waals surface area (Å²) in [6.07, 6.45) is 5.43. The highest BCUT2D eigenvalue weighted by Crippen LogP contribution is 2.37. The maximum atomic E-state index is 15.5. The quantitative estimate of drug-likeness (QED) is 0.465. The molecular formula is C26H27F2N7. The van der Waals surface area contributed by atoms with Crippen LogP contribution in [-0.4, -0.2) is 58.3 Å². The van der Waals surface area contributed by atoms with Crippen molar-refractivity contribution in [2.75, 3.05) is 38.1 Å². The van der Waals surface area contributed by atoms with Crippen LogP contribution >= 0.6 is 0 Å². The Labute approximate surface area is 202 Å². The van der Waals surface area contributed by atoms with E-state index in [2.05, 4.69) is 37.0 Å². The van der Waals surface area contributed by atoms with Gasteiger partial charge in [-0.1, -0.05) is 0 Å². The van der Waals surface area contributed by atoms with Crippen LogP contribution in [0.3, 0.4) is 0 Å². The largest absolute Gasteiger partial charge is 0.354 e. The van der Waals surface area contributed by atoms with Crippen molar-refractivity contribution in [3.63, 3.8) is 0 Å². The van der Waals surface area contributed by atoms with Crippen LogP contribution in [0.2, 0.25) is 0 Å². The molecule has 0 bridgehead atoms. The molecule has 0 radical (unpaired) electrons. The van der Waals surface area contributed by atoms with Crippen LogP contribution in [0.4, 0.5) is 14.6 Å². The highest BCUT2D eigenvalue weighted by atomic mass is 19.1. The molecule has 1 saturated heterocycles. The molecule has 3 N–H and O–H groups in total. The van der Waals surface area contributed by atoms with Gasteiger partial charge in [-0.15, -0.1) is 0 Å². The van der Waals surface area contributed by atoms with Gasteiger partial charge in [0.25, 0.3) is 0 Å². The van der Waals surface area contributed by atoms with Crippen molar-refractivity contribution in [3.05, 3.63) is 59.4 Å². The van der Waals surface area contributed by atoms with E-state index in [1.54, 1.807) is 18.5 Å². The summed E-state index contributed by atoms with van der Waals surface area (Å²) < 4.78 is 30.6. The first-order chi connectivity index (χ1) is 17.0. The van der Waals surface area contributed by atoms with Crippen molar-refractivity contribution in [1.82, 2.24) is 25.1 Å². The monoisotopic (exact) mass is 475 g/mol. The number of piperazine rings is 1. The molecule has 0 spiro atoms. The van der Waals surface area contributed by atoms with Crippen LogP contribution in [0.5, 0.6) is 0 Å². The summed E-state index contributed by atoms with van der Waals surface area (Å²) in [5.74, 6) is -0.278. The van der Waals surface area contributed by atoms with Crippen LogP contribution in [0.1, 0.15) is 30.0 Å². The van der Waals surface area contributed by atoms with Gasteiger partial charge in [0.2, 0.25) is 0 Å². The van der Waals surface area contributed by atoms with E-state index in [0.29, 0.717) is 28.8 Å². The van der Waals surface area contributed by atoms with E-state index in [1.807, 2.05) is 12.1 Å². The van der Waals surface area contributed by atoms with Gasteiger partial charge in [0.15, 0.2) is 0 Å². The van der Waals surface area contributed by atoms with Gasteiger partial charge in [-0.05, 0) is 61.7 Å². The number of nitrogens with zero attached hydrogens (tertiary/aromatic N) is 5. The number of halogens is 2. The second-order valence-corrected chi connectivity index (χ2v) is 9.50. The number of nitrogens with two attached hydrogens (primary N) is 1. The lowest BCUT2D eigenvalue weighted by Gasteiger charge is -2.33. The molecule has 0 amide bonds. The number of hydrogen-bond acceptors (Lipinski definition) is 6. The topological polar surface area (TPSA) is 87.0 Å². The summed E-state index contributed by atoms with van der Waals surface area (Å²) in [5, 5.41) is 8.15. The predicted octanol–water partition coefficient (Wildman–Crippen LogP) is 4.05. The molecule has 180 valence electrons. The highest BCUT2D eigenvalue weighted by Gasteiger charge is 2.26. The molecule has 4 aromatic rings. The third kappa shape index (κ3) is 3.84. The van der Waals surface area contributed by atoms with Gasteiger partial charge in [-0.2, -0.15) is 5.10 Å². The van der Waals surface area contributed by atoms with E-state index >= 15 is 8.78 Å². The minimum absolute atomic E-state index is 0.115. The first-order valence-corrected chi connectivity index (χ1v) is 12.0. The maximum absolute atomic E-state index is 15.5. The van der Waals surface area contributed by atoms with Gasteiger partial charge >= 0.3 is 0 Å². The second kappa shape index (κ2) is 8.66. The summed E-state index contributed by atoms with van der Waals surface area (Å²) in [4.78, 5) is 13.6. The molecule has 0 saturated carbocycles. The zero-order valence-electron chi connectivity index (χ0n) is 19.6. The summed E-state index contributed by atoms with van der Waals surface area (Å²) in [7, 11) is 2.12. The number of anilines is 1. The van der Waals surface area contributed by atoms with E-state index in [1.165, 1.54) is 6.07 Å². The lowest BCUT2D eigenvalue weighted by molar-refractivity contribution is 0.312. The summed E-state index contributed by atoms with van der Waals surface area (Å²) in [6, 6.07) is 6.71. The molecular weight excluding hydrogens is 448 g/mol. The Morgan fingerprint density at radius 2 is 1.89 bits per heavy atom. The number of fused-ring (bicyclic) bond motifs is 2. The number of H-pyrrole nitrogens is 1. The normalized spacial score (nSPS) is 18.7. The van der Waals surface area contributed by atoms with Gasteiger partial charge < -0.3 is 15.5 Å². The van der Waals surface area contributed by atoms with E-state index < -0.39 is 11.6 Å². The average Bonchev–Trinajstić information content (AvgIpc) is 3.29. The van der Waals surface area contributed by atoms with Gasteiger partial charge in [0, 0.05) is 49.4 Å². The Balaban J connectivity index is 1.37. The fraction of sp³-hybridized carbons (Fsp3) is 0.346. The minimum atomic E-state index is -0.645. The standard InChI is InChI=1S/C26H27F2N7/c1-34-7-9-35(10-8-34)23-6-5-15(13-31-23)26-18-12-21(30-14-22(18)32-33-26)24-19(27)11-17-16(25(24)28)3-2-4-20(17)29/h5-6,11-14,20H,2-4,7-10,29H2,1H3,(H,32,33). The number of nitrogens with one attached hydrogen (secondary N) is 1. The van der Waals surface area contributed by atoms with Gasteiger partial charge in [-0.3, -0.25) is 10.1 Å². The summed E-state index contributed by atoms with van der Waals surface area (Å²) in [5.41, 5.74) is 9.47. The van der Waals surface area contributed by atoms with E-state index in [-0.39, 0.29) is 17.3 Å². The van der Waals surface area contributed by atoms with Crippen molar-refractivity contribution < 1.29 is 8.78 Å². The Bertz CT molecular complexity index is 1390. The number of likely N-dealkylation sites (N-methyl/N-ethyl adjacent to an activating group) is 1. The minimum Gasteiger partial charge on any atom is -0.354 e. The first-order valence-electron chi connectivity index (χ1n) is 12.0. The number of aromatic nitrogens is 4. The smallest absolute Gasteiger partial charge is 0.139 e. The summed E-state index contributed by atoms with van der Waals surface area (Å²) in [6.45, 7) is 3.88. The number of hydrogen-bond donors (Lipinski definition) is 2. The molecule has 1 aliphatic heterocycles. The van der Waals surface area contributed by atoms with E-state index in [4.69, 9.17) is 5.73 Å². The molecule has 1 unspecified atom stereocenters. The van der Waals surface area contributed by atoms with Crippen LogP contribution in [-0.2, 0) is 6.42 Å². The number of pyridine rings is 2. The van der Waals surface area contributed by atoms with E-state index in [9.17, 15) is 0 Å². The fourth-order valence-electron chi connectivity index (χ4n) is 5.17. The van der Waals surface area contributed by atoms with Crippen molar-refractivity contribution >= 4 is 16.7 Å². The maximum Gasteiger partial charge on any atom is 0.139 e. The molecule has 9 heteroatoms. The molecule has 7 nitrogen and oxygen atoms in total. The van der Waals surface area contributed by atoms with Crippen LogP contribution < -0.4 is 10.6 Å². The highest BCUT2D eigenvalue weighted by molar-refractivity contribution is 5.94. The zero-order chi connectivity index (χ0) is 24.1. The molecule has 3 aromatic heterocycles. The van der Waals surface area contributed by atoms with E-state index in [0.717, 1.165) is 55.8 Å². The van der Waals surface area contributed by atoms with Crippen molar-refractivity contribution in [2.24, 2.45) is 5.73 Å². The molecule has 1 aromatic carbocycles. The number of aromatic amines is 1. The summed E-state index contributed by atoms with van der Waals surface area (Å²) >= 11 is 0. The fourth-order valence-corrected chi connectivity index (χ4v) is 5.17. The van der Waals surface area contributed by atoms with Gasteiger partial charge in [0.05, 0.1) is 23.0 Å². The lowest BCUT2D eigenvalue weighted by Crippen LogP contribution is -2.44. The van der Waals surface area contributed by atoms with Crippen LogP contribution in [0.15, 0.2) is 36.7 Å². The Hall–Kier alpha value is -3.43. The lowest BCUT2D eigenvalue weighted by atomic mass is 9.85. The average molecular weight is 476 g/mol. The zero-order valence-corrected chi connectivity index (χ0v) is 19.6.